The zero-order valence-corrected chi connectivity index (χ0v) is 9.10. The van der Waals surface area contributed by atoms with Crippen molar-refractivity contribution in [1.29, 1.82) is 0 Å². The summed E-state index contributed by atoms with van der Waals surface area (Å²) < 4.78 is 29.4. The molecule has 6 heteroatoms. The van der Waals surface area contributed by atoms with Crippen LogP contribution in [-0.2, 0) is 14.9 Å². The van der Waals surface area contributed by atoms with Crippen LogP contribution in [0.5, 0.6) is 0 Å². The van der Waals surface area contributed by atoms with E-state index in [4.69, 9.17) is 4.55 Å². The van der Waals surface area contributed by atoms with Gasteiger partial charge in [0.05, 0.1) is 5.75 Å². The molecule has 0 rings (SSSR count). The Labute approximate surface area is 83.9 Å². The highest BCUT2D eigenvalue weighted by Gasteiger charge is 2.21. The van der Waals surface area contributed by atoms with Crippen molar-refractivity contribution in [1.82, 2.24) is 5.32 Å². The van der Waals surface area contributed by atoms with Gasteiger partial charge in [-0.2, -0.15) is 8.42 Å². The summed E-state index contributed by atoms with van der Waals surface area (Å²) in [5.74, 6) is -0.748. The molecule has 0 radical (unpaired) electrons. The SMILES string of the molecule is C=CC(=O)NC(C)(C)CCS(=O)(=O)O. The van der Waals surface area contributed by atoms with Crippen molar-refractivity contribution < 1.29 is 17.8 Å². The fourth-order valence-corrected chi connectivity index (χ4v) is 1.60. The number of nitrogens with one attached hydrogen (secondary N) is 1. The van der Waals surface area contributed by atoms with E-state index in [1.807, 2.05) is 0 Å². The monoisotopic (exact) mass is 221 g/mol. The van der Waals surface area contributed by atoms with E-state index in [1.54, 1.807) is 13.8 Å². The number of carbonyl (C=O) groups excluding carboxylic acids is 1. The summed E-state index contributed by atoms with van der Waals surface area (Å²) in [6.07, 6.45) is 1.25. The Morgan fingerprint density at radius 2 is 2.07 bits per heavy atom. The van der Waals surface area contributed by atoms with E-state index in [0.717, 1.165) is 6.08 Å². The predicted octanol–water partition coefficient (Wildman–Crippen LogP) is 0.345. The van der Waals surface area contributed by atoms with Gasteiger partial charge in [0.2, 0.25) is 5.91 Å². The number of hydrogen-bond acceptors (Lipinski definition) is 3. The lowest BCUT2D eigenvalue weighted by atomic mass is 10.0. The lowest BCUT2D eigenvalue weighted by molar-refractivity contribution is -0.118. The second-order valence-corrected chi connectivity index (χ2v) is 5.19. The summed E-state index contributed by atoms with van der Waals surface area (Å²) in [6, 6.07) is 0. The van der Waals surface area contributed by atoms with Crippen molar-refractivity contribution in [3.8, 4) is 0 Å². The van der Waals surface area contributed by atoms with Gasteiger partial charge < -0.3 is 5.32 Å². The number of amides is 1. The highest BCUT2D eigenvalue weighted by Crippen LogP contribution is 2.09. The highest BCUT2D eigenvalue weighted by molar-refractivity contribution is 7.85. The maximum absolute atomic E-state index is 10.9. The molecule has 82 valence electrons. The van der Waals surface area contributed by atoms with E-state index in [2.05, 4.69) is 11.9 Å². The fourth-order valence-electron chi connectivity index (χ4n) is 0.831. The molecule has 1 amide bonds. The summed E-state index contributed by atoms with van der Waals surface area (Å²) >= 11 is 0. The molecule has 0 saturated heterocycles. The molecule has 0 fully saturated rings. The van der Waals surface area contributed by atoms with E-state index >= 15 is 0 Å². The minimum atomic E-state index is -3.98. The average molecular weight is 221 g/mol. The first-order valence-corrected chi connectivity index (χ1v) is 5.67. The average Bonchev–Trinajstić information content (AvgIpc) is 1.99. The molecule has 2 N–H and O–H groups in total. The van der Waals surface area contributed by atoms with Gasteiger partial charge >= 0.3 is 0 Å². The molecule has 0 aromatic carbocycles. The van der Waals surface area contributed by atoms with Crippen molar-refractivity contribution in [2.75, 3.05) is 5.75 Å². The molecule has 0 aliphatic carbocycles. The van der Waals surface area contributed by atoms with Crippen molar-refractivity contribution in [3.63, 3.8) is 0 Å². The first-order valence-electron chi connectivity index (χ1n) is 4.06. The van der Waals surface area contributed by atoms with Crippen LogP contribution in [0.25, 0.3) is 0 Å². The van der Waals surface area contributed by atoms with E-state index < -0.39 is 15.7 Å². The van der Waals surface area contributed by atoms with Gasteiger partial charge in [0.15, 0.2) is 0 Å². The quantitative estimate of drug-likeness (QED) is 0.518. The molecule has 0 bridgehead atoms. The molecular formula is C8H15NO4S. The largest absolute Gasteiger partial charge is 0.348 e. The first kappa shape index (κ1) is 13.1. The summed E-state index contributed by atoms with van der Waals surface area (Å²) in [4.78, 5) is 10.9. The predicted molar refractivity (Wildman–Crippen MR) is 53.5 cm³/mol. The molecule has 0 aliphatic rings. The molecule has 5 nitrogen and oxygen atoms in total. The minimum absolute atomic E-state index is 0.144. The van der Waals surface area contributed by atoms with Gasteiger partial charge in [-0.3, -0.25) is 9.35 Å². The maximum atomic E-state index is 10.9. The number of hydrogen-bond donors (Lipinski definition) is 2. The summed E-state index contributed by atoms with van der Waals surface area (Å²) in [7, 11) is -3.98. The Kier molecular flexibility index (Phi) is 4.28. The molecule has 0 atom stereocenters. The van der Waals surface area contributed by atoms with E-state index in [-0.39, 0.29) is 18.1 Å². The van der Waals surface area contributed by atoms with Crippen LogP contribution in [-0.4, -0.2) is 30.2 Å². The van der Waals surface area contributed by atoms with Crippen LogP contribution >= 0.6 is 0 Å². The molecule has 0 aliphatic heterocycles. The molecule has 0 heterocycles. The molecule has 0 aromatic rings. The first-order chi connectivity index (χ1) is 6.16. The molecule has 0 aromatic heterocycles. The van der Waals surface area contributed by atoms with Crippen molar-refractivity contribution in [3.05, 3.63) is 12.7 Å². The molecule has 0 spiro atoms. The summed E-state index contributed by atoms with van der Waals surface area (Å²) in [5, 5.41) is 2.55. The van der Waals surface area contributed by atoms with Crippen LogP contribution in [0.1, 0.15) is 20.3 Å². The Morgan fingerprint density at radius 3 is 2.43 bits per heavy atom. The topological polar surface area (TPSA) is 83.5 Å². The Morgan fingerprint density at radius 1 is 1.57 bits per heavy atom. The Balaban J connectivity index is 4.21. The standard InChI is InChI=1S/C8H15NO4S/c1-4-7(10)9-8(2,3)5-6-14(11,12)13/h4H,1,5-6H2,2-3H3,(H,9,10)(H,11,12,13). The zero-order chi connectivity index (χ0) is 11.4. The Hall–Kier alpha value is -0.880. The molecule has 14 heavy (non-hydrogen) atoms. The second kappa shape index (κ2) is 4.56. The smallest absolute Gasteiger partial charge is 0.264 e. The fraction of sp³-hybridized carbons (Fsp3) is 0.625. The van der Waals surface area contributed by atoms with Gasteiger partial charge in [0.1, 0.15) is 0 Å². The maximum Gasteiger partial charge on any atom is 0.264 e. The third-order valence-electron chi connectivity index (χ3n) is 1.63. The van der Waals surface area contributed by atoms with Crippen LogP contribution < -0.4 is 5.32 Å². The van der Waals surface area contributed by atoms with E-state index in [1.165, 1.54) is 0 Å². The van der Waals surface area contributed by atoms with Crippen LogP contribution in [0.4, 0.5) is 0 Å². The van der Waals surface area contributed by atoms with Gasteiger partial charge in [-0.05, 0) is 26.3 Å². The number of rotatable bonds is 5. The van der Waals surface area contributed by atoms with Crippen LogP contribution in [0.15, 0.2) is 12.7 Å². The normalized spacial score (nSPS) is 12.2. The lowest BCUT2D eigenvalue weighted by Crippen LogP contribution is -2.43. The van der Waals surface area contributed by atoms with Gasteiger partial charge in [0.25, 0.3) is 10.1 Å². The van der Waals surface area contributed by atoms with Crippen molar-refractivity contribution >= 4 is 16.0 Å². The van der Waals surface area contributed by atoms with E-state index in [0.29, 0.717) is 0 Å². The van der Waals surface area contributed by atoms with Crippen LogP contribution in [0, 0.1) is 0 Å². The Bertz CT molecular complexity index is 318. The third kappa shape index (κ3) is 6.62. The van der Waals surface area contributed by atoms with Crippen molar-refractivity contribution in [2.24, 2.45) is 0 Å². The van der Waals surface area contributed by atoms with Gasteiger partial charge in [-0.25, -0.2) is 0 Å². The highest BCUT2D eigenvalue weighted by atomic mass is 32.2. The third-order valence-corrected chi connectivity index (χ3v) is 2.35. The molecule has 0 saturated carbocycles. The number of carbonyl (C=O) groups is 1. The van der Waals surface area contributed by atoms with Crippen LogP contribution in [0.2, 0.25) is 0 Å². The molecule has 0 unspecified atom stereocenters. The van der Waals surface area contributed by atoms with Gasteiger partial charge in [0, 0.05) is 5.54 Å². The lowest BCUT2D eigenvalue weighted by Gasteiger charge is -2.24. The van der Waals surface area contributed by atoms with Crippen molar-refractivity contribution in [2.45, 2.75) is 25.8 Å². The summed E-state index contributed by atoms with van der Waals surface area (Å²) in [6.45, 7) is 6.61. The summed E-state index contributed by atoms with van der Waals surface area (Å²) in [5.41, 5.74) is -0.679. The van der Waals surface area contributed by atoms with E-state index in [9.17, 15) is 13.2 Å². The molecular weight excluding hydrogens is 206 g/mol. The minimum Gasteiger partial charge on any atom is -0.348 e. The van der Waals surface area contributed by atoms with Crippen LogP contribution in [0.3, 0.4) is 0 Å². The van der Waals surface area contributed by atoms with Gasteiger partial charge in [-0.1, -0.05) is 6.58 Å². The zero-order valence-electron chi connectivity index (χ0n) is 8.28. The second-order valence-electron chi connectivity index (χ2n) is 3.61. The van der Waals surface area contributed by atoms with Gasteiger partial charge in [-0.15, -0.1) is 0 Å².